The predicted molar refractivity (Wildman–Crippen MR) is 88.0 cm³/mol. The van der Waals surface area contributed by atoms with Gasteiger partial charge in [0.05, 0.1) is 16.1 Å². The highest BCUT2D eigenvalue weighted by atomic mass is 35.5. The van der Waals surface area contributed by atoms with E-state index in [1.165, 1.54) is 0 Å². The standard InChI is InChI=1S/C16H25Cl2NO/c1-4-10-19-14(15(5-2)20-6-3)11-12-8-7-9-13(17)16(12)18/h7-9,14-15,19H,4-6,10-11H2,1-3H3. The number of benzene rings is 1. The van der Waals surface area contributed by atoms with Crippen LogP contribution in [0, 0.1) is 0 Å². The van der Waals surface area contributed by atoms with Crippen molar-refractivity contribution in [1.82, 2.24) is 5.32 Å². The molecule has 2 nitrogen and oxygen atoms in total. The molecule has 1 aromatic carbocycles. The molecule has 0 spiro atoms. The zero-order valence-electron chi connectivity index (χ0n) is 12.6. The van der Waals surface area contributed by atoms with Gasteiger partial charge in [0, 0.05) is 12.6 Å². The highest BCUT2D eigenvalue weighted by Gasteiger charge is 2.21. The Morgan fingerprint density at radius 2 is 1.95 bits per heavy atom. The lowest BCUT2D eigenvalue weighted by Crippen LogP contribution is -2.43. The van der Waals surface area contributed by atoms with E-state index in [1.54, 1.807) is 0 Å². The first kappa shape index (κ1) is 17.8. The largest absolute Gasteiger partial charge is 0.377 e. The van der Waals surface area contributed by atoms with Gasteiger partial charge in [-0.25, -0.2) is 0 Å². The lowest BCUT2D eigenvalue weighted by Gasteiger charge is -2.27. The van der Waals surface area contributed by atoms with Gasteiger partial charge >= 0.3 is 0 Å². The lowest BCUT2D eigenvalue weighted by molar-refractivity contribution is 0.0320. The molecule has 0 aromatic heterocycles. The number of ether oxygens (including phenoxy) is 1. The molecule has 0 fully saturated rings. The molecular formula is C16H25Cl2NO. The van der Waals surface area contributed by atoms with Crippen LogP contribution in [0.5, 0.6) is 0 Å². The van der Waals surface area contributed by atoms with E-state index in [0.29, 0.717) is 10.0 Å². The fraction of sp³-hybridized carbons (Fsp3) is 0.625. The Morgan fingerprint density at radius 1 is 1.20 bits per heavy atom. The number of hydrogen-bond acceptors (Lipinski definition) is 2. The molecule has 114 valence electrons. The molecule has 0 heterocycles. The normalized spacial score (nSPS) is 14.2. The maximum absolute atomic E-state index is 6.30. The smallest absolute Gasteiger partial charge is 0.0728 e. The number of hydrogen-bond donors (Lipinski definition) is 1. The fourth-order valence-corrected chi connectivity index (χ4v) is 2.74. The average Bonchev–Trinajstić information content (AvgIpc) is 2.45. The van der Waals surface area contributed by atoms with Crippen molar-refractivity contribution in [3.8, 4) is 0 Å². The van der Waals surface area contributed by atoms with Gasteiger partial charge in [0.25, 0.3) is 0 Å². The molecule has 1 aromatic rings. The third-order valence-corrected chi connectivity index (χ3v) is 4.22. The summed E-state index contributed by atoms with van der Waals surface area (Å²) >= 11 is 12.4. The Morgan fingerprint density at radius 3 is 2.55 bits per heavy atom. The Bertz CT molecular complexity index is 398. The van der Waals surface area contributed by atoms with Crippen LogP contribution in [0.15, 0.2) is 18.2 Å². The van der Waals surface area contributed by atoms with E-state index in [-0.39, 0.29) is 12.1 Å². The van der Waals surface area contributed by atoms with Crippen LogP contribution in [-0.4, -0.2) is 25.3 Å². The van der Waals surface area contributed by atoms with E-state index in [1.807, 2.05) is 25.1 Å². The van der Waals surface area contributed by atoms with Crippen molar-refractivity contribution in [2.45, 2.75) is 52.2 Å². The van der Waals surface area contributed by atoms with Crippen LogP contribution in [-0.2, 0) is 11.2 Å². The molecule has 0 aliphatic rings. The van der Waals surface area contributed by atoms with E-state index < -0.39 is 0 Å². The van der Waals surface area contributed by atoms with E-state index in [0.717, 1.165) is 38.0 Å². The highest BCUT2D eigenvalue weighted by molar-refractivity contribution is 6.42. The van der Waals surface area contributed by atoms with Crippen molar-refractivity contribution in [1.29, 1.82) is 0 Å². The van der Waals surface area contributed by atoms with Gasteiger partial charge < -0.3 is 10.1 Å². The molecular weight excluding hydrogens is 293 g/mol. The zero-order valence-corrected chi connectivity index (χ0v) is 14.1. The van der Waals surface area contributed by atoms with Crippen LogP contribution in [0.2, 0.25) is 10.0 Å². The molecule has 1 rings (SSSR count). The number of halogens is 2. The van der Waals surface area contributed by atoms with Gasteiger partial charge in [0.1, 0.15) is 0 Å². The summed E-state index contributed by atoms with van der Waals surface area (Å²) in [7, 11) is 0. The van der Waals surface area contributed by atoms with Crippen LogP contribution in [0.25, 0.3) is 0 Å². The molecule has 0 radical (unpaired) electrons. The quantitative estimate of drug-likeness (QED) is 0.711. The summed E-state index contributed by atoms with van der Waals surface area (Å²) in [6.45, 7) is 8.06. The van der Waals surface area contributed by atoms with E-state index in [2.05, 4.69) is 19.2 Å². The average molecular weight is 318 g/mol. The molecule has 0 saturated carbocycles. The van der Waals surface area contributed by atoms with Crippen LogP contribution < -0.4 is 5.32 Å². The SMILES string of the molecule is CCCNC(Cc1cccc(Cl)c1Cl)C(CC)OCC. The second-order valence-electron chi connectivity index (χ2n) is 4.88. The summed E-state index contributed by atoms with van der Waals surface area (Å²) in [5.41, 5.74) is 1.07. The fourth-order valence-electron chi connectivity index (χ4n) is 2.34. The minimum absolute atomic E-state index is 0.196. The van der Waals surface area contributed by atoms with Gasteiger partial charge in [-0.1, -0.05) is 49.2 Å². The second-order valence-corrected chi connectivity index (χ2v) is 5.66. The maximum atomic E-state index is 6.30. The van der Waals surface area contributed by atoms with Gasteiger partial charge in [-0.3, -0.25) is 0 Å². The molecule has 0 aliphatic heterocycles. The van der Waals surface area contributed by atoms with Crippen molar-refractivity contribution < 1.29 is 4.74 Å². The zero-order chi connectivity index (χ0) is 15.0. The molecule has 4 heteroatoms. The monoisotopic (exact) mass is 317 g/mol. The molecule has 2 unspecified atom stereocenters. The first-order valence-corrected chi connectivity index (χ1v) is 8.17. The van der Waals surface area contributed by atoms with E-state index >= 15 is 0 Å². The molecule has 0 amide bonds. The maximum Gasteiger partial charge on any atom is 0.0728 e. The lowest BCUT2D eigenvalue weighted by atomic mass is 9.99. The summed E-state index contributed by atoms with van der Waals surface area (Å²) in [5.74, 6) is 0. The first-order chi connectivity index (χ1) is 9.63. The van der Waals surface area contributed by atoms with Crippen molar-refractivity contribution in [3.63, 3.8) is 0 Å². The summed E-state index contributed by atoms with van der Waals surface area (Å²) in [6.07, 6.45) is 3.11. The molecule has 0 saturated heterocycles. The second kappa shape index (κ2) is 9.62. The summed E-state index contributed by atoms with van der Waals surface area (Å²) in [5, 5.41) is 4.84. The predicted octanol–water partition coefficient (Wildman–Crippen LogP) is 4.72. The Labute approximate surface area is 132 Å². The van der Waals surface area contributed by atoms with Crippen LogP contribution in [0.3, 0.4) is 0 Å². The number of rotatable bonds is 9. The van der Waals surface area contributed by atoms with Crippen molar-refractivity contribution in [2.75, 3.05) is 13.2 Å². The molecule has 0 aliphatic carbocycles. The Balaban J connectivity index is 2.84. The van der Waals surface area contributed by atoms with Gasteiger partial charge in [-0.2, -0.15) is 0 Å². The van der Waals surface area contributed by atoms with Gasteiger partial charge in [-0.05, 0) is 44.4 Å². The third-order valence-electron chi connectivity index (χ3n) is 3.36. The first-order valence-electron chi connectivity index (χ1n) is 7.41. The minimum Gasteiger partial charge on any atom is -0.377 e. The van der Waals surface area contributed by atoms with Crippen LogP contribution in [0.4, 0.5) is 0 Å². The highest BCUT2D eigenvalue weighted by Crippen LogP contribution is 2.27. The molecule has 2 atom stereocenters. The molecule has 20 heavy (non-hydrogen) atoms. The number of nitrogens with one attached hydrogen (secondary N) is 1. The Hall–Kier alpha value is -0.280. The summed E-state index contributed by atoms with van der Waals surface area (Å²) in [4.78, 5) is 0. The topological polar surface area (TPSA) is 21.3 Å². The third kappa shape index (κ3) is 5.25. The van der Waals surface area contributed by atoms with Crippen LogP contribution >= 0.6 is 23.2 Å². The van der Waals surface area contributed by atoms with Gasteiger partial charge in [0.15, 0.2) is 0 Å². The van der Waals surface area contributed by atoms with Crippen molar-refractivity contribution >= 4 is 23.2 Å². The van der Waals surface area contributed by atoms with Crippen molar-refractivity contribution in [2.24, 2.45) is 0 Å². The van der Waals surface area contributed by atoms with Gasteiger partial charge in [0.2, 0.25) is 0 Å². The van der Waals surface area contributed by atoms with E-state index in [9.17, 15) is 0 Å². The van der Waals surface area contributed by atoms with Crippen LogP contribution in [0.1, 0.15) is 39.2 Å². The van der Waals surface area contributed by atoms with Gasteiger partial charge in [-0.15, -0.1) is 0 Å². The minimum atomic E-state index is 0.196. The Kier molecular flexibility index (Phi) is 8.55. The molecule has 1 N–H and O–H groups in total. The summed E-state index contributed by atoms with van der Waals surface area (Å²) < 4.78 is 5.85. The molecule has 0 bridgehead atoms. The van der Waals surface area contributed by atoms with E-state index in [4.69, 9.17) is 27.9 Å². The summed E-state index contributed by atoms with van der Waals surface area (Å²) in [6, 6.07) is 6.06. The van der Waals surface area contributed by atoms with Crippen molar-refractivity contribution in [3.05, 3.63) is 33.8 Å².